The summed E-state index contributed by atoms with van der Waals surface area (Å²) in [5.41, 5.74) is 6.99. The third-order valence-corrected chi connectivity index (χ3v) is 5.28. The fourth-order valence-corrected chi connectivity index (χ4v) is 3.79. The lowest BCUT2D eigenvalue weighted by atomic mass is 9.71. The molecule has 0 bridgehead atoms. The number of halogens is 2. The predicted molar refractivity (Wildman–Crippen MR) is 90.4 cm³/mol. The van der Waals surface area contributed by atoms with Crippen LogP contribution in [0.3, 0.4) is 0 Å². The molecular formula is C16H22BrClN2O. The number of amides is 1. The monoisotopic (exact) mass is 372 g/mol. The van der Waals surface area contributed by atoms with Gasteiger partial charge in [0.05, 0.1) is 5.54 Å². The first-order valence-corrected chi connectivity index (χ1v) is 8.22. The molecule has 0 spiro atoms. The van der Waals surface area contributed by atoms with Crippen molar-refractivity contribution in [2.24, 2.45) is 11.7 Å². The lowest BCUT2D eigenvalue weighted by Crippen LogP contribution is -2.52. The molecular weight excluding hydrogens is 352 g/mol. The highest BCUT2D eigenvalue weighted by Crippen LogP contribution is 2.42. The van der Waals surface area contributed by atoms with Crippen LogP contribution in [-0.2, 0) is 10.3 Å². The maximum absolute atomic E-state index is 12.5. The summed E-state index contributed by atoms with van der Waals surface area (Å²) in [5, 5.41) is 3.32. The van der Waals surface area contributed by atoms with Crippen LogP contribution in [0, 0.1) is 5.92 Å². The summed E-state index contributed by atoms with van der Waals surface area (Å²) < 4.78 is 1.07. The standard InChI is InChI=1S/C16H21BrN2O.ClH/c17-13-4-1-3-12(10-13)16(7-2-8-16)19-15(20)11-5-6-14(18)9-11;/h1,3-4,10-11,14H,2,5-9,18H2,(H,19,20);1H. The zero-order valence-electron chi connectivity index (χ0n) is 12.0. The molecule has 21 heavy (non-hydrogen) atoms. The lowest BCUT2D eigenvalue weighted by molar-refractivity contribution is -0.128. The third kappa shape index (κ3) is 3.43. The molecule has 2 aliphatic rings. The fourth-order valence-electron chi connectivity index (χ4n) is 3.39. The van der Waals surface area contributed by atoms with Crippen LogP contribution in [0.25, 0.3) is 0 Å². The zero-order valence-corrected chi connectivity index (χ0v) is 14.4. The Morgan fingerprint density at radius 1 is 1.33 bits per heavy atom. The van der Waals surface area contributed by atoms with Gasteiger partial charge in [-0.15, -0.1) is 12.4 Å². The molecule has 0 saturated heterocycles. The minimum Gasteiger partial charge on any atom is -0.346 e. The Labute approximate surface area is 140 Å². The van der Waals surface area contributed by atoms with E-state index in [-0.39, 0.29) is 35.8 Å². The van der Waals surface area contributed by atoms with E-state index in [1.54, 1.807) is 0 Å². The Morgan fingerprint density at radius 3 is 2.62 bits per heavy atom. The normalized spacial score (nSPS) is 26.6. The highest BCUT2D eigenvalue weighted by Gasteiger charge is 2.42. The SMILES string of the molecule is Cl.NC1CCC(C(=O)NC2(c3cccc(Br)c3)CCC2)C1. The molecule has 0 aromatic heterocycles. The van der Waals surface area contributed by atoms with Crippen LogP contribution in [0.1, 0.15) is 44.1 Å². The first kappa shape index (κ1) is 16.8. The number of nitrogens with two attached hydrogens (primary N) is 1. The maximum Gasteiger partial charge on any atom is 0.223 e. The Hall–Kier alpha value is -0.580. The molecule has 1 amide bonds. The molecule has 116 valence electrons. The van der Waals surface area contributed by atoms with Gasteiger partial charge in [-0.25, -0.2) is 0 Å². The van der Waals surface area contributed by atoms with Crippen LogP contribution >= 0.6 is 28.3 Å². The van der Waals surface area contributed by atoms with Crippen LogP contribution in [0.15, 0.2) is 28.7 Å². The average Bonchev–Trinajstić information content (AvgIpc) is 2.80. The van der Waals surface area contributed by atoms with E-state index < -0.39 is 0 Å². The molecule has 1 aromatic rings. The van der Waals surface area contributed by atoms with E-state index in [0.717, 1.165) is 36.6 Å². The maximum atomic E-state index is 12.5. The smallest absolute Gasteiger partial charge is 0.223 e. The van der Waals surface area contributed by atoms with Gasteiger partial charge in [-0.05, 0) is 56.2 Å². The quantitative estimate of drug-likeness (QED) is 0.852. The van der Waals surface area contributed by atoms with Crippen molar-refractivity contribution in [3.8, 4) is 0 Å². The van der Waals surface area contributed by atoms with Gasteiger partial charge < -0.3 is 11.1 Å². The van der Waals surface area contributed by atoms with Gasteiger partial charge in [-0.3, -0.25) is 4.79 Å². The van der Waals surface area contributed by atoms with Crippen LogP contribution in [0.5, 0.6) is 0 Å². The fraction of sp³-hybridized carbons (Fsp3) is 0.562. The molecule has 0 radical (unpaired) electrons. The topological polar surface area (TPSA) is 55.1 Å². The summed E-state index contributed by atoms with van der Waals surface area (Å²) in [4.78, 5) is 12.5. The van der Waals surface area contributed by atoms with Crippen molar-refractivity contribution in [1.29, 1.82) is 0 Å². The Kier molecular flexibility index (Phi) is 5.33. The highest BCUT2D eigenvalue weighted by molar-refractivity contribution is 9.10. The van der Waals surface area contributed by atoms with Gasteiger partial charge in [-0.2, -0.15) is 0 Å². The van der Waals surface area contributed by atoms with Gasteiger partial charge in [0.15, 0.2) is 0 Å². The number of hydrogen-bond acceptors (Lipinski definition) is 2. The van der Waals surface area contributed by atoms with Gasteiger partial charge in [0, 0.05) is 16.4 Å². The molecule has 3 nitrogen and oxygen atoms in total. The van der Waals surface area contributed by atoms with E-state index in [2.05, 4.69) is 33.4 Å². The summed E-state index contributed by atoms with van der Waals surface area (Å²) in [6, 6.07) is 8.50. The Bertz CT molecular complexity index is 519. The number of carbonyl (C=O) groups is 1. The highest BCUT2D eigenvalue weighted by atomic mass is 79.9. The molecule has 5 heteroatoms. The van der Waals surface area contributed by atoms with Crippen LogP contribution in [0.2, 0.25) is 0 Å². The Morgan fingerprint density at radius 2 is 2.10 bits per heavy atom. The molecule has 1 aromatic carbocycles. The zero-order chi connectivity index (χ0) is 14.2. The first-order valence-electron chi connectivity index (χ1n) is 7.43. The number of benzene rings is 1. The first-order chi connectivity index (χ1) is 9.59. The van der Waals surface area contributed by atoms with Crippen molar-refractivity contribution in [3.63, 3.8) is 0 Å². The molecule has 3 rings (SSSR count). The summed E-state index contributed by atoms with van der Waals surface area (Å²) in [6.07, 6.45) is 5.99. The van der Waals surface area contributed by atoms with Gasteiger partial charge in [0.2, 0.25) is 5.91 Å². The second-order valence-electron chi connectivity index (χ2n) is 6.21. The molecule has 2 fully saturated rings. The van der Waals surface area contributed by atoms with E-state index in [4.69, 9.17) is 5.73 Å². The second-order valence-corrected chi connectivity index (χ2v) is 7.12. The molecule has 2 unspecified atom stereocenters. The van der Waals surface area contributed by atoms with Crippen LogP contribution in [0.4, 0.5) is 0 Å². The van der Waals surface area contributed by atoms with Gasteiger partial charge >= 0.3 is 0 Å². The number of carbonyl (C=O) groups excluding carboxylic acids is 1. The van der Waals surface area contributed by atoms with E-state index in [0.29, 0.717) is 0 Å². The Balaban J connectivity index is 0.00000161. The van der Waals surface area contributed by atoms with Crippen LogP contribution in [-0.4, -0.2) is 11.9 Å². The van der Waals surface area contributed by atoms with Gasteiger partial charge in [0.1, 0.15) is 0 Å². The third-order valence-electron chi connectivity index (χ3n) is 4.79. The summed E-state index contributed by atoms with van der Waals surface area (Å²) in [5.74, 6) is 0.298. The average molecular weight is 374 g/mol. The summed E-state index contributed by atoms with van der Waals surface area (Å²) in [6.45, 7) is 0. The largest absolute Gasteiger partial charge is 0.346 e. The van der Waals surface area contributed by atoms with Crippen molar-refractivity contribution in [2.75, 3.05) is 0 Å². The second kappa shape index (κ2) is 6.67. The molecule has 0 heterocycles. The number of rotatable bonds is 3. The summed E-state index contributed by atoms with van der Waals surface area (Å²) in [7, 11) is 0. The lowest BCUT2D eigenvalue weighted by Gasteiger charge is -2.43. The minimum atomic E-state index is -0.145. The van der Waals surface area contributed by atoms with E-state index in [1.165, 1.54) is 12.0 Å². The molecule has 2 aliphatic carbocycles. The van der Waals surface area contributed by atoms with Gasteiger partial charge in [-0.1, -0.05) is 28.1 Å². The van der Waals surface area contributed by atoms with Crippen molar-refractivity contribution in [1.82, 2.24) is 5.32 Å². The molecule has 3 N–H and O–H groups in total. The number of nitrogens with one attached hydrogen (secondary N) is 1. The predicted octanol–water partition coefficient (Wildman–Crippen LogP) is 3.49. The summed E-state index contributed by atoms with van der Waals surface area (Å²) >= 11 is 3.52. The van der Waals surface area contributed by atoms with Crippen molar-refractivity contribution < 1.29 is 4.79 Å². The molecule has 0 aliphatic heterocycles. The number of hydrogen-bond donors (Lipinski definition) is 2. The minimum absolute atomic E-state index is 0. The van der Waals surface area contributed by atoms with E-state index >= 15 is 0 Å². The van der Waals surface area contributed by atoms with E-state index in [1.807, 2.05) is 12.1 Å². The van der Waals surface area contributed by atoms with Crippen molar-refractivity contribution in [3.05, 3.63) is 34.3 Å². The van der Waals surface area contributed by atoms with Crippen molar-refractivity contribution >= 4 is 34.2 Å². The van der Waals surface area contributed by atoms with Gasteiger partial charge in [0.25, 0.3) is 0 Å². The molecule has 2 atom stereocenters. The van der Waals surface area contributed by atoms with Crippen LogP contribution < -0.4 is 11.1 Å². The van der Waals surface area contributed by atoms with Crippen molar-refractivity contribution in [2.45, 2.75) is 50.1 Å². The van der Waals surface area contributed by atoms with E-state index in [9.17, 15) is 4.79 Å². The molecule has 2 saturated carbocycles.